The van der Waals surface area contributed by atoms with Crippen LogP contribution in [0.5, 0.6) is 0 Å². The third-order valence-corrected chi connectivity index (χ3v) is 2.71. The van der Waals surface area contributed by atoms with Crippen LogP contribution in [0.2, 0.25) is 0 Å². The fourth-order valence-electron chi connectivity index (χ4n) is 0.660. The molecule has 0 aromatic rings. The monoisotopic (exact) mass is 293 g/mol. The second-order valence-electron chi connectivity index (χ2n) is 2.79. The predicted molar refractivity (Wildman–Crippen MR) is 49.3 cm³/mol. The van der Waals surface area contributed by atoms with Crippen LogP contribution in [0.25, 0.3) is 0 Å². The first-order chi connectivity index (χ1) is 7.36. The number of rotatable bonds is 5. The summed E-state index contributed by atoms with van der Waals surface area (Å²) in [6.45, 7) is 0. The molecule has 0 aromatic carbocycles. The molecule has 0 radical (unpaired) electrons. The van der Waals surface area contributed by atoms with Gasteiger partial charge in [-0.25, -0.2) is 4.57 Å². The molecule has 0 saturated carbocycles. The number of amides is 1. The zero-order valence-corrected chi connectivity index (χ0v) is 9.65. The normalized spacial score (nSPS) is 16.1. The van der Waals surface area contributed by atoms with Crippen LogP contribution >= 0.6 is 15.3 Å². The fourth-order valence-corrected chi connectivity index (χ4v) is 1.57. The summed E-state index contributed by atoms with van der Waals surface area (Å²) in [5.41, 5.74) is -2.15. The lowest BCUT2D eigenvalue weighted by Crippen LogP contribution is -2.44. The molecule has 0 aliphatic rings. The lowest BCUT2D eigenvalue weighted by molar-refractivity contribution is -0.140. The van der Waals surface area contributed by atoms with Crippen molar-refractivity contribution in [1.29, 1.82) is 0 Å². The van der Waals surface area contributed by atoms with Crippen molar-refractivity contribution >= 4 is 26.8 Å². The fraction of sp³-hybridized carbons (Fsp3) is 0.500. The summed E-state index contributed by atoms with van der Waals surface area (Å²) in [6, 6.07) is 0. The Kier molecular flexibility index (Phi) is 5.14. The highest BCUT2D eigenvalue weighted by atomic mass is 31.2. The Morgan fingerprint density at radius 3 is 1.65 bits per heavy atom. The van der Waals surface area contributed by atoms with Gasteiger partial charge in [-0.3, -0.25) is 19.2 Å². The zero-order chi connectivity index (χ0) is 14.0. The van der Waals surface area contributed by atoms with E-state index in [0.717, 1.165) is 5.09 Å². The number of carbonyl (C=O) groups excluding carboxylic acids is 2. The highest BCUT2D eigenvalue weighted by molar-refractivity contribution is 7.70. The summed E-state index contributed by atoms with van der Waals surface area (Å²) >= 11 is 0. The average molecular weight is 293 g/mol. The molecule has 7 N–H and O–H groups in total. The summed E-state index contributed by atoms with van der Waals surface area (Å²) in [4.78, 5) is 54.7. The minimum absolute atomic E-state index is 0.919. The van der Waals surface area contributed by atoms with Gasteiger partial charge in [0.2, 0.25) is 0 Å². The van der Waals surface area contributed by atoms with Gasteiger partial charge >= 0.3 is 15.3 Å². The van der Waals surface area contributed by atoms with Crippen LogP contribution in [-0.2, 0) is 18.7 Å². The van der Waals surface area contributed by atoms with Gasteiger partial charge in [0.05, 0.1) is 0 Å². The first kappa shape index (κ1) is 16.4. The minimum Gasteiger partial charge on any atom is -0.381 e. The van der Waals surface area contributed by atoms with E-state index in [-0.39, 0.29) is 0 Å². The van der Waals surface area contributed by atoms with Gasteiger partial charge in [-0.2, -0.15) is 0 Å². The van der Waals surface area contributed by atoms with Gasteiger partial charge in [0.15, 0.2) is 12.2 Å². The highest BCUT2D eigenvalue weighted by Gasteiger charge is 2.40. The van der Waals surface area contributed by atoms with Crippen LogP contribution in [0.1, 0.15) is 0 Å². The minimum atomic E-state index is -5.38. The molecule has 0 heterocycles. The van der Waals surface area contributed by atoms with E-state index in [1.165, 1.54) is 0 Å². The van der Waals surface area contributed by atoms with Gasteiger partial charge in [0, 0.05) is 0 Å². The van der Waals surface area contributed by atoms with E-state index in [1.807, 2.05) is 0 Å². The number of hydrogen-bond donors (Lipinski definition) is 7. The summed E-state index contributed by atoms with van der Waals surface area (Å²) in [5, 5.41) is 18.7. The molecule has 13 heteroatoms. The molecule has 1 amide bonds. The van der Waals surface area contributed by atoms with E-state index in [2.05, 4.69) is 0 Å². The van der Waals surface area contributed by atoms with Crippen molar-refractivity contribution in [2.45, 2.75) is 12.2 Å². The van der Waals surface area contributed by atoms with Gasteiger partial charge in [-0.15, -0.1) is 0 Å². The molecule has 0 bridgehead atoms. The Balaban J connectivity index is 4.78. The van der Waals surface area contributed by atoms with Crippen molar-refractivity contribution in [3.05, 3.63) is 0 Å². The molecule has 17 heavy (non-hydrogen) atoms. The molecule has 11 nitrogen and oxygen atoms in total. The summed E-state index contributed by atoms with van der Waals surface area (Å²) in [6.07, 6.45) is -5.52. The molecule has 0 fully saturated rings. The second kappa shape index (κ2) is 5.34. The molecule has 100 valence electrons. The van der Waals surface area contributed by atoms with Gasteiger partial charge < -0.3 is 29.8 Å². The smallest absolute Gasteiger partial charge is 0.381 e. The Morgan fingerprint density at radius 1 is 0.941 bits per heavy atom. The second-order valence-corrected chi connectivity index (χ2v) is 5.63. The SMILES string of the molecule is O=C(NP(=O)(O)O)C(O)C(O)C(=O)P(=O)(O)O. The van der Waals surface area contributed by atoms with Crippen molar-refractivity contribution in [2.75, 3.05) is 0 Å². The molecule has 0 aliphatic heterocycles. The molecule has 2 atom stereocenters. The molecule has 0 aliphatic carbocycles. The number of aliphatic hydroxyl groups excluding tert-OH is 2. The number of carbonyl (C=O) groups is 2. The Hall–Kier alpha value is -0.640. The van der Waals surface area contributed by atoms with E-state index in [1.54, 1.807) is 0 Å². The quantitative estimate of drug-likeness (QED) is 0.250. The van der Waals surface area contributed by atoms with Crippen molar-refractivity contribution < 1.29 is 48.5 Å². The zero-order valence-electron chi connectivity index (χ0n) is 7.87. The molecule has 0 spiro atoms. The molecule has 0 aromatic heterocycles. The van der Waals surface area contributed by atoms with E-state index in [9.17, 15) is 18.7 Å². The lowest BCUT2D eigenvalue weighted by Gasteiger charge is -2.16. The Bertz CT molecular complexity index is 407. The number of nitrogens with one attached hydrogen (secondary N) is 1. The molecule has 0 saturated heterocycles. The number of aliphatic hydroxyl groups is 2. The van der Waals surface area contributed by atoms with Crippen LogP contribution in [-0.4, -0.2) is 53.4 Å². The van der Waals surface area contributed by atoms with E-state index >= 15 is 0 Å². The van der Waals surface area contributed by atoms with E-state index in [0.29, 0.717) is 0 Å². The number of hydrogen-bond acceptors (Lipinski definition) is 6. The summed E-state index contributed by atoms with van der Waals surface area (Å²) in [7, 11) is -10.4. The van der Waals surface area contributed by atoms with Gasteiger partial charge in [0.25, 0.3) is 11.4 Å². The van der Waals surface area contributed by atoms with Crippen molar-refractivity contribution in [2.24, 2.45) is 0 Å². The molecular formula is C4H9NO10P2. The van der Waals surface area contributed by atoms with Crippen molar-refractivity contribution in [3.63, 3.8) is 0 Å². The maximum Gasteiger partial charge on any atom is 0.429 e. The summed E-state index contributed by atoms with van der Waals surface area (Å²) in [5.74, 6) is -1.85. The van der Waals surface area contributed by atoms with Crippen molar-refractivity contribution in [1.82, 2.24) is 5.09 Å². The molecule has 0 rings (SSSR count). The third kappa shape index (κ3) is 5.48. The third-order valence-electron chi connectivity index (χ3n) is 1.36. The van der Waals surface area contributed by atoms with Gasteiger partial charge in [-0.1, -0.05) is 0 Å². The van der Waals surface area contributed by atoms with Crippen LogP contribution < -0.4 is 5.09 Å². The standard InChI is InChI=1S/C4H9NO10P2/c6-1(3(8)5-17(13,14)15)2(7)4(9)16(10,11)12/h1-2,6-7H,(H2,10,11,12)(H3,5,8,13,14,15). The first-order valence-corrected chi connectivity index (χ1v) is 6.92. The van der Waals surface area contributed by atoms with Crippen LogP contribution in [0.15, 0.2) is 0 Å². The highest BCUT2D eigenvalue weighted by Crippen LogP contribution is 2.37. The summed E-state index contributed by atoms with van der Waals surface area (Å²) < 4.78 is 20.6. The average Bonchev–Trinajstić information content (AvgIpc) is 2.10. The largest absolute Gasteiger partial charge is 0.429 e. The Morgan fingerprint density at radius 2 is 1.35 bits per heavy atom. The van der Waals surface area contributed by atoms with Crippen molar-refractivity contribution in [3.8, 4) is 0 Å². The molecule has 2 unspecified atom stereocenters. The first-order valence-electron chi connectivity index (χ1n) is 3.70. The van der Waals surface area contributed by atoms with E-state index < -0.39 is 39.0 Å². The maximum atomic E-state index is 10.8. The van der Waals surface area contributed by atoms with Crippen LogP contribution in [0, 0.1) is 0 Å². The predicted octanol–water partition coefficient (Wildman–Crippen LogP) is -3.38. The van der Waals surface area contributed by atoms with Crippen LogP contribution in [0.4, 0.5) is 0 Å². The van der Waals surface area contributed by atoms with Crippen LogP contribution in [0.3, 0.4) is 0 Å². The maximum absolute atomic E-state index is 10.8. The van der Waals surface area contributed by atoms with Gasteiger partial charge in [-0.05, 0) is 0 Å². The van der Waals surface area contributed by atoms with E-state index in [4.69, 9.17) is 29.8 Å². The van der Waals surface area contributed by atoms with Gasteiger partial charge in [0.1, 0.15) is 0 Å². The Labute approximate surface area is 93.5 Å². The molecular weight excluding hydrogens is 284 g/mol. The lowest BCUT2D eigenvalue weighted by atomic mass is 10.2. The topological polar surface area (TPSA) is 202 Å².